The van der Waals surface area contributed by atoms with E-state index >= 15 is 0 Å². The zero-order chi connectivity index (χ0) is 58.1. The van der Waals surface area contributed by atoms with Gasteiger partial charge in [-0.25, -0.2) is 22.4 Å². The van der Waals surface area contributed by atoms with E-state index in [-0.39, 0.29) is 99.5 Å². The van der Waals surface area contributed by atoms with Crippen molar-refractivity contribution < 1.29 is 84.3 Å². The molecule has 0 atom stereocenters. The van der Waals surface area contributed by atoms with Gasteiger partial charge in [-0.1, -0.05) is 56.8 Å². The Hall–Kier alpha value is -8.09. The second kappa shape index (κ2) is 28.4. The fraction of sp³-hybridized carbons (Fsp3) is 0.224. The largest absolute Gasteiger partial charge is 1.00 e. The average Bonchev–Trinajstić information content (AvgIpc) is 1.94. The number of rotatable bonds is 14. The van der Waals surface area contributed by atoms with Crippen molar-refractivity contribution in [2.75, 3.05) is 65.6 Å². The molecular formula is C67H69KN10O9S. The third-order valence-corrected chi connectivity index (χ3v) is 17.0. The number of H-pyrrole nitrogens is 1. The number of amides is 2. The molecule has 2 aliphatic rings. The van der Waals surface area contributed by atoms with Gasteiger partial charge in [0.05, 0.1) is 40.4 Å². The van der Waals surface area contributed by atoms with Crippen LogP contribution in [-0.4, -0.2) is 129 Å². The Bertz CT molecular complexity index is 4570. The zero-order valence-electron chi connectivity index (χ0n) is 48.0. The molecule has 0 saturated carbocycles. The van der Waals surface area contributed by atoms with Gasteiger partial charge in [0.15, 0.2) is 0 Å². The van der Waals surface area contributed by atoms with Crippen molar-refractivity contribution in [1.29, 1.82) is 0 Å². The van der Waals surface area contributed by atoms with Gasteiger partial charge in [-0.15, -0.1) is 0 Å². The Morgan fingerprint density at radius 1 is 0.557 bits per heavy atom. The average molecular weight is 1230 g/mol. The van der Waals surface area contributed by atoms with Crippen molar-refractivity contribution in [1.82, 2.24) is 48.5 Å². The standard InChI is InChI=1S/C36H33N5O5S.C29H27N5O3.2CH4.K.H2O/c1-24-3-11-29(12-4-24)47(44,45)41-17-15-30-31(22-39(2)36(43)35(30)41)26-7-13-33-27(21-26)8-14-32(38-33)25-5-9-28(10-6-25)46-20-19-40-18-16-37-34(42)23-40;1-33-17-24(23-10-11-31-28(23)29(33)36)20-4-8-26-21(16-20)5-9-25(32-26)19-2-6-22(7-3-19)37-15-14-34-13-12-30-27(35)18-34;;;;/h3-15,17,21-22H,16,18-20,23H2,1-2H3,(H,37,42);2-11,16-17,31H,12-15,18H2,1H3,(H,30,35);2*1H4;;1H2/q;;;;+1;/p-1. The van der Waals surface area contributed by atoms with E-state index in [1.54, 1.807) is 61.4 Å². The van der Waals surface area contributed by atoms with Gasteiger partial charge in [0.25, 0.3) is 21.1 Å². The number of aromatic amines is 1. The number of ether oxygens (including phenoxy) is 2. The van der Waals surface area contributed by atoms with Crippen LogP contribution in [0.5, 0.6) is 11.5 Å². The molecule has 21 heteroatoms. The van der Waals surface area contributed by atoms with Gasteiger partial charge in [0, 0.05) is 122 Å². The van der Waals surface area contributed by atoms with Gasteiger partial charge in [-0.3, -0.25) is 29.0 Å². The van der Waals surface area contributed by atoms with Crippen molar-refractivity contribution >= 4 is 65.4 Å². The Labute approximate surface area is 552 Å². The molecule has 8 heterocycles. The van der Waals surface area contributed by atoms with Crippen LogP contribution in [-0.2, 0) is 33.7 Å². The van der Waals surface area contributed by atoms with Crippen molar-refractivity contribution in [3.8, 4) is 56.3 Å². The third kappa shape index (κ3) is 14.1. The second-order valence-electron chi connectivity index (χ2n) is 21.1. The first-order chi connectivity index (χ1) is 40.7. The summed E-state index contributed by atoms with van der Waals surface area (Å²) in [5.41, 5.74) is 10.2. The van der Waals surface area contributed by atoms with Crippen LogP contribution in [0.1, 0.15) is 20.4 Å². The molecule has 2 fully saturated rings. The maximum absolute atomic E-state index is 13.6. The predicted octanol–water partition coefficient (Wildman–Crippen LogP) is 6.24. The molecule has 5 aromatic carbocycles. The summed E-state index contributed by atoms with van der Waals surface area (Å²) in [5, 5.41) is 9.07. The van der Waals surface area contributed by atoms with Crippen LogP contribution >= 0.6 is 0 Å². The summed E-state index contributed by atoms with van der Waals surface area (Å²) in [7, 11) is -0.591. The quantitative estimate of drug-likeness (QED) is 0.102. The smallest absolute Gasteiger partial charge is 0.870 e. The van der Waals surface area contributed by atoms with Crippen LogP contribution in [0.4, 0.5) is 0 Å². The fourth-order valence-electron chi connectivity index (χ4n) is 10.8. The third-order valence-electron chi connectivity index (χ3n) is 15.3. The molecule has 448 valence electrons. The van der Waals surface area contributed by atoms with Crippen LogP contribution in [0, 0.1) is 6.92 Å². The molecule has 4 N–H and O–H groups in total. The molecule has 13 rings (SSSR count). The molecule has 88 heavy (non-hydrogen) atoms. The monoisotopic (exact) mass is 1230 g/mol. The fourth-order valence-corrected chi connectivity index (χ4v) is 12.1. The van der Waals surface area contributed by atoms with Gasteiger partial charge in [0.2, 0.25) is 11.8 Å². The molecule has 0 bridgehead atoms. The molecular weight excluding hydrogens is 1160 g/mol. The molecule has 11 aromatic rings. The number of fused-ring (bicyclic) bond motifs is 4. The summed E-state index contributed by atoms with van der Waals surface area (Å²) in [5.74, 6) is 1.67. The molecule has 6 aromatic heterocycles. The van der Waals surface area contributed by atoms with Crippen LogP contribution in [0.25, 0.3) is 88.4 Å². The van der Waals surface area contributed by atoms with Crippen molar-refractivity contribution in [3.63, 3.8) is 0 Å². The number of piperazine rings is 2. The number of aromatic nitrogens is 6. The molecule has 2 saturated heterocycles. The van der Waals surface area contributed by atoms with Crippen LogP contribution in [0.15, 0.2) is 185 Å². The van der Waals surface area contributed by atoms with E-state index in [1.165, 1.54) is 10.8 Å². The first-order valence-corrected chi connectivity index (χ1v) is 29.1. The minimum Gasteiger partial charge on any atom is -0.870 e. The molecule has 2 amide bonds. The van der Waals surface area contributed by atoms with E-state index < -0.39 is 15.6 Å². The van der Waals surface area contributed by atoms with E-state index in [9.17, 15) is 27.6 Å². The SMILES string of the molecule is C.C.Cc1ccc(S(=O)(=O)n2ccc3c(-c4ccc5nc(-c6ccc(OCCN7CCNC(=O)C7)cc6)ccc5c4)cn(C)c(=O)c32)cc1.Cn1cc(-c2ccc3nc(-c4ccc(OCCN5CCNC(=O)C5)cc4)ccc3c2)c2cc[nH]c2c1=O.[K+].[OH-]. The van der Waals surface area contributed by atoms with Crippen molar-refractivity contribution in [2.24, 2.45) is 14.1 Å². The molecule has 0 unspecified atom stereocenters. The number of benzene rings is 5. The number of pyridine rings is 4. The summed E-state index contributed by atoms with van der Waals surface area (Å²) < 4.78 is 43.1. The topological polar surface area (TPSA) is 238 Å². The van der Waals surface area contributed by atoms with Crippen molar-refractivity contribution in [3.05, 3.63) is 197 Å². The van der Waals surface area contributed by atoms with Crippen molar-refractivity contribution in [2.45, 2.75) is 26.7 Å². The van der Waals surface area contributed by atoms with E-state index in [1.807, 2.05) is 116 Å². The van der Waals surface area contributed by atoms with Gasteiger partial charge in [-0.05, 0) is 127 Å². The van der Waals surface area contributed by atoms with E-state index in [2.05, 4.69) is 37.6 Å². The number of nitrogens with one attached hydrogen (secondary N) is 3. The number of nitrogens with zero attached hydrogens (tertiary/aromatic N) is 7. The number of carbonyl (C=O) groups excluding carboxylic acids is 2. The van der Waals surface area contributed by atoms with Gasteiger partial charge >= 0.3 is 51.4 Å². The number of carbonyl (C=O) groups is 2. The molecule has 0 spiro atoms. The van der Waals surface area contributed by atoms with Gasteiger partial charge in [0.1, 0.15) is 35.7 Å². The summed E-state index contributed by atoms with van der Waals surface area (Å²) >= 11 is 0. The minimum absolute atomic E-state index is 0. The van der Waals surface area contributed by atoms with Crippen LogP contribution in [0.2, 0.25) is 0 Å². The van der Waals surface area contributed by atoms with Crippen LogP contribution in [0.3, 0.4) is 0 Å². The van der Waals surface area contributed by atoms with Crippen LogP contribution < -0.4 is 82.6 Å². The van der Waals surface area contributed by atoms with E-state index in [4.69, 9.17) is 19.4 Å². The predicted molar refractivity (Wildman–Crippen MR) is 342 cm³/mol. The molecule has 0 radical (unpaired) electrons. The summed E-state index contributed by atoms with van der Waals surface area (Å²) in [6, 6.07) is 46.1. The normalized spacial score (nSPS) is 13.5. The molecule has 2 aliphatic heterocycles. The second-order valence-corrected chi connectivity index (χ2v) is 22.9. The van der Waals surface area contributed by atoms with Gasteiger partial charge in [-0.2, -0.15) is 0 Å². The Morgan fingerprint density at radius 3 is 1.53 bits per heavy atom. The van der Waals surface area contributed by atoms with E-state index in [0.29, 0.717) is 56.8 Å². The maximum atomic E-state index is 13.6. The Morgan fingerprint density at radius 2 is 1.03 bits per heavy atom. The van der Waals surface area contributed by atoms with E-state index in [0.717, 1.165) is 113 Å². The molecule has 19 nitrogen and oxygen atoms in total. The summed E-state index contributed by atoms with van der Waals surface area (Å²) in [6.45, 7) is 8.20. The zero-order valence-corrected chi connectivity index (χ0v) is 51.9. The molecule has 0 aliphatic carbocycles. The minimum atomic E-state index is -3.99. The van der Waals surface area contributed by atoms with Gasteiger partial charge < -0.3 is 39.7 Å². The number of hydrogen-bond donors (Lipinski definition) is 3. The Kier molecular flexibility index (Phi) is 21.2. The Balaban J connectivity index is 0.000000223. The number of aryl methyl sites for hydroxylation is 3. The summed E-state index contributed by atoms with van der Waals surface area (Å²) in [4.78, 5) is 65.9. The summed E-state index contributed by atoms with van der Waals surface area (Å²) in [6.07, 6.45) is 6.87. The maximum Gasteiger partial charge on any atom is 1.00 e. The number of hydrogen-bond acceptors (Lipinski definition) is 13. The first-order valence-electron chi connectivity index (χ1n) is 27.7. The first kappa shape index (κ1) is 65.9.